The highest BCUT2D eigenvalue weighted by Crippen LogP contribution is 2.17. The minimum Gasteiger partial charge on any atom is -0.311 e. The van der Waals surface area contributed by atoms with Crippen LogP contribution in [-0.2, 0) is 19.5 Å². The van der Waals surface area contributed by atoms with Gasteiger partial charge in [0, 0.05) is 38.3 Å². The molecule has 1 aliphatic rings. The number of hydrogen-bond donors (Lipinski definition) is 1. The van der Waals surface area contributed by atoms with Crippen LogP contribution < -0.4 is 5.32 Å². The van der Waals surface area contributed by atoms with Crippen LogP contribution in [0.25, 0.3) is 0 Å². The molecule has 2 nitrogen and oxygen atoms in total. The molecule has 0 bridgehead atoms. The van der Waals surface area contributed by atoms with E-state index in [1.165, 1.54) is 23.3 Å². The Labute approximate surface area is 129 Å². The average Bonchev–Trinajstić information content (AvgIpc) is 2.54. The summed E-state index contributed by atoms with van der Waals surface area (Å²) in [6, 6.07) is 12.1. The van der Waals surface area contributed by atoms with E-state index < -0.39 is 5.82 Å². The maximum atomic E-state index is 13.5. The second kappa shape index (κ2) is 6.99. The van der Waals surface area contributed by atoms with Crippen LogP contribution in [-0.4, -0.2) is 24.5 Å². The van der Waals surface area contributed by atoms with Gasteiger partial charge in [-0.2, -0.15) is 0 Å². The molecule has 0 amide bonds. The molecule has 0 unspecified atom stereocenters. The second-order valence-electron chi connectivity index (χ2n) is 5.71. The molecule has 0 fully saturated rings. The molecular weight excluding hydrogens is 282 g/mol. The van der Waals surface area contributed by atoms with Gasteiger partial charge in [0.2, 0.25) is 0 Å². The number of benzene rings is 2. The summed E-state index contributed by atoms with van der Waals surface area (Å²) in [6.07, 6.45) is 1.08. The smallest absolute Gasteiger partial charge is 0.127 e. The highest BCUT2D eigenvalue weighted by Gasteiger charge is 2.14. The van der Waals surface area contributed by atoms with Crippen LogP contribution in [0, 0.1) is 11.6 Å². The molecular formula is C18H20F2N2. The topological polar surface area (TPSA) is 15.3 Å². The van der Waals surface area contributed by atoms with Gasteiger partial charge in [-0.25, -0.2) is 8.78 Å². The van der Waals surface area contributed by atoms with Crippen molar-refractivity contribution >= 4 is 0 Å². The van der Waals surface area contributed by atoms with Crippen molar-refractivity contribution in [3.8, 4) is 0 Å². The number of halogens is 2. The van der Waals surface area contributed by atoms with Gasteiger partial charge < -0.3 is 5.32 Å². The third-order valence-corrected chi connectivity index (χ3v) is 4.14. The Morgan fingerprint density at radius 3 is 2.73 bits per heavy atom. The summed E-state index contributed by atoms with van der Waals surface area (Å²) < 4.78 is 26.6. The highest BCUT2D eigenvalue weighted by atomic mass is 19.1. The lowest BCUT2D eigenvalue weighted by Crippen LogP contribution is -2.36. The lowest BCUT2D eigenvalue weighted by atomic mass is 10.00. The fourth-order valence-electron chi connectivity index (χ4n) is 2.88. The molecule has 2 aromatic carbocycles. The number of hydrogen-bond acceptors (Lipinski definition) is 2. The van der Waals surface area contributed by atoms with Gasteiger partial charge in [-0.15, -0.1) is 0 Å². The van der Waals surface area contributed by atoms with E-state index >= 15 is 0 Å². The SMILES string of the molecule is Fc1ccc(F)c(CNCCN2CCc3ccccc3C2)c1. The molecule has 0 atom stereocenters. The first-order valence-electron chi connectivity index (χ1n) is 7.66. The van der Waals surface area contributed by atoms with Crippen molar-refractivity contribution in [1.29, 1.82) is 0 Å². The van der Waals surface area contributed by atoms with Gasteiger partial charge in [0.1, 0.15) is 11.6 Å². The van der Waals surface area contributed by atoms with E-state index in [2.05, 4.69) is 34.5 Å². The van der Waals surface area contributed by atoms with Gasteiger partial charge in [0.15, 0.2) is 0 Å². The van der Waals surface area contributed by atoms with Crippen LogP contribution >= 0.6 is 0 Å². The fraction of sp³-hybridized carbons (Fsp3) is 0.333. The van der Waals surface area contributed by atoms with Crippen LogP contribution in [0.1, 0.15) is 16.7 Å². The van der Waals surface area contributed by atoms with E-state index in [4.69, 9.17) is 0 Å². The van der Waals surface area contributed by atoms with Crippen molar-refractivity contribution in [1.82, 2.24) is 10.2 Å². The lowest BCUT2D eigenvalue weighted by Gasteiger charge is -2.28. The molecule has 0 radical (unpaired) electrons. The third-order valence-electron chi connectivity index (χ3n) is 4.14. The molecule has 0 spiro atoms. The summed E-state index contributed by atoms with van der Waals surface area (Å²) in [4.78, 5) is 2.39. The number of fused-ring (bicyclic) bond motifs is 1. The molecule has 4 heteroatoms. The van der Waals surface area contributed by atoms with Gasteiger partial charge in [-0.1, -0.05) is 24.3 Å². The Morgan fingerprint density at radius 2 is 1.86 bits per heavy atom. The molecule has 116 valence electrons. The summed E-state index contributed by atoms with van der Waals surface area (Å²) in [5, 5.41) is 3.19. The van der Waals surface area contributed by atoms with Crippen LogP contribution in [0.5, 0.6) is 0 Å². The molecule has 3 rings (SSSR count). The minimum absolute atomic E-state index is 0.355. The van der Waals surface area contributed by atoms with E-state index in [1.54, 1.807) is 0 Å². The van der Waals surface area contributed by atoms with Crippen molar-refractivity contribution in [3.63, 3.8) is 0 Å². The molecule has 0 saturated carbocycles. The van der Waals surface area contributed by atoms with Gasteiger partial charge in [0.05, 0.1) is 0 Å². The van der Waals surface area contributed by atoms with Crippen LogP contribution in [0.4, 0.5) is 8.78 Å². The van der Waals surface area contributed by atoms with Gasteiger partial charge in [-0.3, -0.25) is 4.90 Å². The molecule has 1 heterocycles. The van der Waals surface area contributed by atoms with Crippen molar-refractivity contribution in [2.75, 3.05) is 19.6 Å². The average molecular weight is 302 g/mol. The summed E-state index contributed by atoms with van der Waals surface area (Å²) in [5.74, 6) is -0.758. The summed E-state index contributed by atoms with van der Waals surface area (Å²) in [6.45, 7) is 4.04. The van der Waals surface area contributed by atoms with Crippen molar-refractivity contribution in [3.05, 3.63) is 70.8 Å². The Kier molecular flexibility index (Phi) is 4.80. The van der Waals surface area contributed by atoms with Crippen LogP contribution in [0.3, 0.4) is 0 Å². The quantitative estimate of drug-likeness (QED) is 0.854. The Morgan fingerprint density at radius 1 is 1.05 bits per heavy atom. The summed E-state index contributed by atoms with van der Waals surface area (Å²) >= 11 is 0. The minimum atomic E-state index is -0.397. The molecule has 22 heavy (non-hydrogen) atoms. The molecule has 0 aliphatic carbocycles. The fourth-order valence-corrected chi connectivity index (χ4v) is 2.88. The Bertz CT molecular complexity index is 643. The zero-order valence-electron chi connectivity index (χ0n) is 12.5. The Hall–Kier alpha value is -1.78. The van der Waals surface area contributed by atoms with Gasteiger partial charge in [0.25, 0.3) is 0 Å². The van der Waals surface area contributed by atoms with Crippen molar-refractivity contribution in [2.24, 2.45) is 0 Å². The van der Waals surface area contributed by atoms with Crippen LogP contribution in [0.2, 0.25) is 0 Å². The van der Waals surface area contributed by atoms with E-state index in [9.17, 15) is 8.78 Å². The zero-order chi connectivity index (χ0) is 15.4. The van der Waals surface area contributed by atoms with Gasteiger partial charge >= 0.3 is 0 Å². The zero-order valence-corrected chi connectivity index (χ0v) is 12.5. The maximum Gasteiger partial charge on any atom is 0.127 e. The first kappa shape index (κ1) is 15.1. The highest BCUT2D eigenvalue weighted by molar-refractivity contribution is 5.29. The standard InChI is InChI=1S/C18H20F2N2/c19-17-5-6-18(20)16(11-17)12-21-8-10-22-9-7-14-3-1-2-4-15(14)13-22/h1-6,11,21H,7-10,12-13H2. The number of rotatable bonds is 5. The second-order valence-corrected chi connectivity index (χ2v) is 5.71. The molecule has 0 saturated heterocycles. The van der Waals surface area contributed by atoms with Crippen molar-refractivity contribution in [2.45, 2.75) is 19.5 Å². The monoisotopic (exact) mass is 302 g/mol. The first-order chi connectivity index (χ1) is 10.7. The van der Waals surface area contributed by atoms with Crippen molar-refractivity contribution < 1.29 is 8.78 Å². The third kappa shape index (κ3) is 3.70. The van der Waals surface area contributed by atoms with Gasteiger partial charge in [-0.05, 0) is 35.7 Å². The molecule has 1 aliphatic heterocycles. The summed E-state index contributed by atoms with van der Waals surface area (Å²) in [7, 11) is 0. The molecule has 0 aromatic heterocycles. The largest absolute Gasteiger partial charge is 0.311 e. The van der Waals surface area contributed by atoms with E-state index in [1.807, 2.05) is 0 Å². The van der Waals surface area contributed by atoms with Crippen LogP contribution in [0.15, 0.2) is 42.5 Å². The predicted molar refractivity (Wildman–Crippen MR) is 83.5 cm³/mol. The number of nitrogens with one attached hydrogen (secondary N) is 1. The van der Waals surface area contributed by atoms with E-state index in [0.717, 1.165) is 38.7 Å². The normalized spacial score (nSPS) is 14.8. The first-order valence-corrected chi connectivity index (χ1v) is 7.66. The predicted octanol–water partition coefficient (Wildman–Crippen LogP) is 3.11. The maximum absolute atomic E-state index is 13.5. The van der Waals surface area contributed by atoms with E-state index in [0.29, 0.717) is 12.1 Å². The van der Waals surface area contributed by atoms with E-state index in [-0.39, 0.29) is 5.82 Å². The summed E-state index contributed by atoms with van der Waals surface area (Å²) in [5.41, 5.74) is 3.21. The lowest BCUT2D eigenvalue weighted by molar-refractivity contribution is 0.253. The Balaban J connectivity index is 1.45. The number of nitrogens with zero attached hydrogens (tertiary/aromatic N) is 1. The molecule has 2 aromatic rings. The molecule has 1 N–H and O–H groups in total.